The largest absolute Gasteiger partial charge is 0.390 e. The Labute approximate surface area is 101 Å². The molecule has 2 N–H and O–H groups in total. The highest BCUT2D eigenvalue weighted by Crippen LogP contribution is 2.22. The van der Waals surface area contributed by atoms with Gasteiger partial charge in [-0.05, 0) is 5.56 Å². The molecule has 1 aliphatic rings. The molecule has 0 bridgehead atoms. The predicted octanol–water partition coefficient (Wildman–Crippen LogP) is 0.917. The molecule has 1 aliphatic heterocycles. The Balaban J connectivity index is 1.87. The van der Waals surface area contributed by atoms with Crippen molar-refractivity contribution in [3.05, 3.63) is 35.9 Å². The van der Waals surface area contributed by atoms with E-state index in [-0.39, 0.29) is 18.6 Å². The zero-order valence-corrected chi connectivity index (χ0v) is 9.82. The molecule has 0 spiro atoms. The first-order valence-electron chi connectivity index (χ1n) is 5.81. The fraction of sp³-hybridized carbons (Fsp3) is 0.538. The average molecular weight is 238 g/mol. The van der Waals surface area contributed by atoms with Crippen molar-refractivity contribution in [2.75, 3.05) is 6.61 Å². The summed E-state index contributed by atoms with van der Waals surface area (Å²) in [6, 6.07) is 9.76. The van der Waals surface area contributed by atoms with E-state index in [0.717, 1.165) is 5.56 Å². The molecule has 4 nitrogen and oxygen atoms in total. The highest BCUT2D eigenvalue weighted by Gasteiger charge is 2.36. The van der Waals surface area contributed by atoms with Gasteiger partial charge in [-0.1, -0.05) is 37.3 Å². The van der Waals surface area contributed by atoms with Gasteiger partial charge < -0.3 is 19.7 Å². The van der Waals surface area contributed by atoms with Crippen LogP contribution in [0.5, 0.6) is 0 Å². The molecule has 0 amide bonds. The molecule has 94 valence electrons. The Morgan fingerprint density at radius 2 is 2.00 bits per heavy atom. The molecule has 0 aromatic heterocycles. The van der Waals surface area contributed by atoms with Crippen LogP contribution in [0.15, 0.2) is 30.3 Å². The minimum Gasteiger partial charge on any atom is -0.390 e. The van der Waals surface area contributed by atoms with Gasteiger partial charge in [-0.15, -0.1) is 0 Å². The second-order valence-corrected chi connectivity index (χ2v) is 4.41. The van der Waals surface area contributed by atoms with Crippen molar-refractivity contribution in [1.82, 2.24) is 0 Å². The molecule has 4 heteroatoms. The Morgan fingerprint density at radius 1 is 1.29 bits per heavy atom. The first kappa shape index (κ1) is 12.5. The van der Waals surface area contributed by atoms with Crippen LogP contribution < -0.4 is 0 Å². The van der Waals surface area contributed by atoms with Gasteiger partial charge >= 0.3 is 0 Å². The van der Waals surface area contributed by atoms with Crippen molar-refractivity contribution in [3.63, 3.8) is 0 Å². The van der Waals surface area contributed by atoms with Crippen molar-refractivity contribution in [1.29, 1.82) is 0 Å². The van der Waals surface area contributed by atoms with E-state index in [4.69, 9.17) is 9.47 Å². The fourth-order valence-corrected chi connectivity index (χ4v) is 1.88. The van der Waals surface area contributed by atoms with E-state index >= 15 is 0 Å². The van der Waals surface area contributed by atoms with Gasteiger partial charge in [0, 0.05) is 5.92 Å². The van der Waals surface area contributed by atoms with Crippen LogP contribution in [0.3, 0.4) is 0 Å². The van der Waals surface area contributed by atoms with Crippen LogP contribution in [0.1, 0.15) is 12.5 Å². The zero-order valence-electron chi connectivity index (χ0n) is 9.82. The molecule has 1 fully saturated rings. The zero-order chi connectivity index (χ0) is 12.3. The lowest BCUT2D eigenvalue weighted by molar-refractivity contribution is -0.237. The van der Waals surface area contributed by atoms with Crippen molar-refractivity contribution >= 4 is 0 Å². The number of rotatable bonds is 3. The highest BCUT2D eigenvalue weighted by molar-refractivity contribution is 5.13. The van der Waals surface area contributed by atoms with Crippen LogP contribution >= 0.6 is 0 Å². The standard InChI is InChI=1S/C13H18O4/c1-9-12(14)11(8-17-13(9)15)16-7-10-5-3-2-4-6-10/h2-6,9,11-15H,7-8H2,1H3/t9-,11-,12?,13?/m1/s1. The Bertz CT molecular complexity index is 341. The smallest absolute Gasteiger partial charge is 0.159 e. The summed E-state index contributed by atoms with van der Waals surface area (Å²) in [6.45, 7) is 2.40. The van der Waals surface area contributed by atoms with E-state index in [1.54, 1.807) is 6.92 Å². The topological polar surface area (TPSA) is 58.9 Å². The van der Waals surface area contributed by atoms with Crippen LogP contribution in [-0.2, 0) is 16.1 Å². The lowest BCUT2D eigenvalue weighted by Crippen LogP contribution is -2.49. The van der Waals surface area contributed by atoms with Crippen molar-refractivity contribution < 1.29 is 19.7 Å². The maximum absolute atomic E-state index is 9.92. The summed E-state index contributed by atoms with van der Waals surface area (Å²) < 4.78 is 10.7. The first-order chi connectivity index (χ1) is 8.18. The number of benzene rings is 1. The third-order valence-corrected chi connectivity index (χ3v) is 3.11. The van der Waals surface area contributed by atoms with Crippen LogP contribution in [-0.4, -0.2) is 35.3 Å². The SMILES string of the molecule is C[C@H]1C(O)OC[C@@H](OCc2ccccc2)C1O. The highest BCUT2D eigenvalue weighted by atomic mass is 16.6. The number of aliphatic hydroxyl groups excluding tert-OH is 2. The molecule has 2 unspecified atom stereocenters. The van der Waals surface area contributed by atoms with Crippen LogP contribution in [0.4, 0.5) is 0 Å². The van der Waals surface area contributed by atoms with Gasteiger partial charge in [0.2, 0.25) is 0 Å². The second kappa shape index (κ2) is 5.60. The molecule has 1 aromatic carbocycles. The van der Waals surface area contributed by atoms with Gasteiger partial charge in [-0.3, -0.25) is 0 Å². The molecule has 1 heterocycles. The third-order valence-electron chi connectivity index (χ3n) is 3.11. The summed E-state index contributed by atoms with van der Waals surface area (Å²) in [5.74, 6) is -0.329. The van der Waals surface area contributed by atoms with E-state index in [9.17, 15) is 10.2 Å². The molecule has 17 heavy (non-hydrogen) atoms. The summed E-state index contributed by atoms with van der Waals surface area (Å²) in [6.07, 6.45) is -1.97. The van der Waals surface area contributed by atoms with Crippen LogP contribution in [0.2, 0.25) is 0 Å². The molecule has 1 aromatic rings. The number of ether oxygens (including phenoxy) is 2. The van der Waals surface area contributed by atoms with Crippen LogP contribution in [0, 0.1) is 5.92 Å². The van der Waals surface area contributed by atoms with E-state index in [1.165, 1.54) is 0 Å². The van der Waals surface area contributed by atoms with Gasteiger partial charge in [0.15, 0.2) is 6.29 Å². The summed E-state index contributed by atoms with van der Waals surface area (Å²) in [7, 11) is 0. The maximum atomic E-state index is 9.92. The molecular weight excluding hydrogens is 220 g/mol. The van der Waals surface area contributed by atoms with Gasteiger partial charge in [-0.25, -0.2) is 0 Å². The van der Waals surface area contributed by atoms with Gasteiger partial charge in [0.25, 0.3) is 0 Å². The summed E-state index contributed by atoms with van der Waals surface area (Å²) in [5.41, 5.74) is 1.05. The average Bonchev–Trinajstić information content (AvgIpc) is 2.36. The predicted molar refractivity (Wildman–Crippen MR) is 62.1 cm³/mol. The lowest BCUT2D eigenvalue weighted by atomic mass is 9.97. The van der Waals surface area contributed by atoms with Crippen molar-refractivity contribution in [3.8, 4) is 0 Å². The van der Waals surface area contributed by atoms with E-state index in [0.29, 0.717) is 6.61 Å². The van der Waals surface area contributed by atoms with Crippen molar-refractivity contribution in [2.24, 2.45) is 5.92 Å². The summed E-state index contributed by atoms with van der Waals surface area (Å²) in [5, 5.41) is 19.3. The number of hydrogen-bond acceptors (Lipinski definition) is 4. The van der Waals surface area contributed by atoms with E-state index in [2.05, 4.69) is 0 Å². The van der Waals surface area contributed by atoms with Gasteiger partial charge in [-0.2, -0.15) is 0 Å². The monoisotopic (exact) mass is 238 g/mol. The summed E-state index contributed by atoms with van der Waals surface area (Å²) in [4.78, 5) is 0. The quantitative estimate of drug-likeness (QED) is 0.822. The Morgan fingerprint density at radius 3 is 2.71 bits per heavy atom. The normalized spacial score (nSPS) is 33.6. The maximum Gasteiger partial charge on any atom is 0.159 e. The molecular formula is C13H18O4. The molecule has 2 rings (SSSR count). The third kappa shape index (κ3) is 3.04. The molecule has 0 saturated carbocycles. The Hall–Kier alpha value is -0.940. The Kier molecular flexibility index (Phi) is 4.12. The molecule has 1 saturated heterocycles. The van der Waals surface area contributed by atoms with Crippen molar-refractivity contribution in [2.45, 2.75) is 32.0 Å². The lowest BCUT2D eigenvalue weighted by Gasteiger charge is -2.35. The number of hydrogen-bond donors (Lipinski definition) is 2. The summed E-state index contributed by atoms with van der Waals surface area (Å²) >= 11 is 0. The first-order valence-corrected chi connectivity index (χ1v) is 5.81. The van der Waals surface area contributed by atoms with Gasteiger partial charge in [0.05, 0.1) is 19.3 Å². The molecule has 0 radical (unpaired) electrons. The van der Waals surface area contributed by atoms with E-state index in [1.807, 2.05) is 30.3 Å². The van der Waals surface area contributed by atoms with Crippen LogP contribution in [0.25, 0.3) is 0 Å². The number of aliphatic hydroxyl groups is 2. The minimum atomic E-state index is -0.901. The van der Waals surface area contributed by atoms with E-state index < -0.39 is 12.4 Å². The fourth-order valence-electron chi connectivity index (χ4n) is 1.88. The minimum absolute atomic E-state index is 0.222. The van der Waals surface area contributed by atoms with Gasteiger partial charge in [0.1, 0.15) is 6.10 Å². The molecule has 0 aliphatic carbocycles. The second-order valence-electron chi connectivity index (χ2n) is 4.41. The molecule has 4 atom stereocenters.